The van der Waals surface area contributed by atoms with Crippen LogP contribution in [0.1, 0.15) is 25.7 Å². The third kappa shape index (κ3) is 3.06. The van der Waals surface area contributed by atoms with Crippen molar-refractivity contribution >= 4 is 11.8 Å². The Bertz CT molecular complexity index is 427. The Morgan fingerprint density at radius 2 is 2.06 bits per heavy atom. The summed E-state index contributed by atoms with van der Waals surface area (Å²) in [6, 6.07) is 5.01. The molecule has 1 fully saturated rings. The summed E-state index contributed by atoms with van der Waals surface area (Å²) in [4.78, 5) is 10.6. The van der Waals surface area contributed by atoms with Crippen LogP contribution in [0.15, 0.2) is 18.2 Å². The molecule has 1 aliphatic rings. The predicted molar refractivity (Wildman–Crippen MR) is 67.5 cm³/mol. The molecule has 0 atom stereocenters. The lowest BCUT2D eigenvalue weighted by Crippen LogP contribution is -2.12. The van der Waals surface area contributed by atoms with E-state index < -0.39 is 6.09 Å². The molecule has 1 saturated carbocycles. The quantitative estimate of drug-likeness (QED) is 0.862. The van der Waals surface area contributed by atoms with Crippen molar-refractivity contribution in [2.75, 3.05) is 12.4 Å². The number of carbonyl (C=O) groups is 1. The molecule has 0 bridgehead atoms. The van der Waals surface area contributed by atoms with Crippen LogP contribution in [0.4, 0.5) is 10.5 Å². The van der Waals surface area contributed by atoms with Crippen LogP contribution in [0.5, 0.6) is 11.5 Å². The first-order valence-corrected chi connectivity index (χ1v) is 6.03. The molecule has 1 aromatic carbocycles. The van der Waals surface area contributed by atoms with Crippen LogP contribution < -0.4 is 14.8 Å². The van der Waals surface area contributed by atoms with Gasteiger partial charge in [-0.2, -0.15) is 0 Å². The lowest BCUT2D eigenvalue weighted by atomic mass is 10.2. The number of carboxylic acid groups (broad SMARTS) is 1. The van der Waals surface area contributed by atoms with E-state index in [4.69, 9.17) is 14.6 Å². The summed E-state index contributed by atoms with van der Waals surface area (Å²) in [6.07, 6.45) is 3.56. The van der Waals surface area contributed by atoms with Gasteiger partial charge < -0.3 is 14.6 Å². The average molecular weight is 251 g/mol. The third-order valence-corrected chi connectivity index (χ3v) is 3.01. The Morgan fingerprint density at radius 1 is 1.33 bits per heavy atom. The fraction of sp³-hybridized carbons (Fsp3) is 0.462. The highest BCUT2D eigenvalue weighted by Gasteiger charge is 2.18. The van der Waals surface area contributed by atoms with E-state index in [-0.39, 0.29) is 6.10 Å². The van der Waals surface area contributed by atoms with Crippen molar-refractivity contribution in [3.8, 4) is 11.5 Å². The number of ether oxygens (including phenoxy) is 2. The fourth-order valence-electron chi connectivity index (χ4n) is 2.16. The number of amides is 1. The normalized spacial score (nSPS) is 15.4. The third-order valence-electron chi connectivity index (χ3n) is 3.01. The number of hydrogen-bond acceptors (Lipinski definition) is 3. The minimum atomic E-state index is -1.09. The maximum Gasteiger partial charge on any atom is 0.409 e. The van der Waals surface area contributed by atoms with E-state index in [9.17, 15) is 4.79 Å². The van der Waals surface area contributed by atoms with Gasteiger partial charge >= 0.3 is 6.09 Å². The highest BCUT2D eigenvalue weighted by molar-refractivity contribution is 5.83. The number of benzene rings is 1. The molecule has 2 N–H and O–H groups in total. The zero-order valence-electron chi connectivity index (χ0n) is 10.3. The second-order valence-electron chi connectivity index (χ2n) is 4.32. The highest BCUT2D eigenvalue weighted by Crippen LogP contribution is 2.33. The zero-order chi connectivity index (χ0) is 13.0. The molecule has 18 heavy (non-hydrogen) atoms. The standard InChI is InChI=1S/C13H17NO4/c1-17-11-7-6-9(14-13(15)16)8-12(11)18-10-4-2-3-5-10/h6-8,10,14H,2-5H2,1H3,(H,15,16). The Hall–Kier alpha value is -1.91. The summed E-state index contributed by atoms with van der Waals surface area (Å²) in [7, 11) is 1.57. The fourth-order valence-corrected chi connectivity index (χ4v) is 2.16. The number of rotatable bonds is 4. The van der Waals surface area contributed by atoms with Gasteiger partial charge in [0.05, 0.1) is 13.2 Å². The Kier molecular flexibility index (Phi) is 3.92. The zero-order valence-corrected chi connectivity index (χ0v) is 10.3. The summed E-state index contributed by atoms with van der Waals surface area (Å²) in [5.41, 5.74) is 0.483. The van der Waals surface area contributed by atoms with E-state index in [1.807, 2.05) is 0 Å². The smallest absolute Gasteiger partial charge is 0.409 e. The molecule has 1 aromatic rings. The van der Waals surface area contributed by atoms with Crippen molar-refractivity contribution < 1.29 is 19.4 Å². The van der Waals surface area contributed by atoms with Crippen molar-refractivity contribution in [1.29, 1.82) is 0 Å². The van der Waals surface area contributed by atoms with Crippen LogP contribution in [-0.4, -0.2) is 24.4 Å². The second-order valence-corrected chi connectivity index (χ2v) is 4.32. The second kappa shape index (κ2) is 5.62. The predicted octanol–water partition coefficient (Wildman–Crippen LogP) is 3.11. The van der Waals surface area contributed by atoms with Crippen LogP contribution in [0, 0.1) is 0 Å². The Labute approximate surface area is 106 Å². The lowest BCUT2D eigenvalue weighted by molar-refractivity contribution is 0.201. The Morgan fingerprint density at radius 3 is 2.67 bits per heavy atom. The lowest BCUT2D eigenvalue weighted by Gasteiger charge is -2.16. The molecule has 98 valence electrons. The topological polar surface area (TPSA) is 67.8 Å². The van der Waals surface area contributed by atoms with Crippen LogP contribution in [0.2, 0.25) is 0 Å². The molecular formula is C13H17NO4. The molecule has 1 aliphatic carbocycles. The molecule has 5 heteroatoms. The summed E-state index contributed by atoms with van der Waals surface area (Å²) in [5, 5.41) is 11.0. The number of methoxy groups -OCH3 is 1. The Balaban J connectivity index is 2.15. The SMILES string of the molecule is COc1ccc(NC(=O)O)cc1OC1CCCC1. The molecule has 0 aromatic heterocycles. The van der Waals surface area contributed by atoms with Crippen molar-refractivity contribution in [2.45, 2.75) is 31.8 Å². The minimum Gasteiger partial charge on any atom is -0.493 e. The van der Waals surface area contributed by atoms with Gasteiger partial charge in [0.15, 0.2) is 11.5 Å². The van der Waals surface area contributed by atoms with Crippen molar-refractivity contribution in [1.82, 2.24) is 0 Å². The van der Waals surface area contributed by atoms with Gasteiger partial charge in [0, 0.05) is 11.8 Å². The first-order valence-electron chi connectivity index (χ1n) is 6.03. The van der Waals surface area contributed by atoms with E-state index in [1.54, 1.807) is 25.3 Å². The van der Waals surface area contributed by atoms with Crippen LogP contribution in [0.25, 0.3) is 0 Å². The summed E-state index contributed by atoms with van der Waals surface area (Å²) in [5.74, 6) is 1.22. The van der Waals surface area contributed by atoms with Gasteiger partial charge in [0.25, 0.3) is 0 Å². The first kappa shape index (κ1) is 12.5. The van der Waals surface area contributed by atoms with Gasteiger partial charge in [-0.15, -0.1) is 0 Å². The number of anilines is 1. The van der Waals surface area contributed by atoms with Crippen LogP contribution >= 0.6 is 0 Å². The van der Waals surface area contributed by atoms with E-state index in [2.05, 4.69) is 5.32 Å². The molecular weight excluding hydrogens is 234 g/mol. The maximum atomic E-state index is 10.6. The van der Waals surface area contributed by atoms with Gasteiger partial charge in [-0.25, -0.2) is 4.79 Å². The number of hydrogen-bond donors (Lipinski definition) is 2. The van der Waals surface area contributed by atoms with Gasteiger partial charge in [-0.3, -0.25) is 5.32 Å². The van der Waals surface area contributed by atoms with E-state index >= 15 is 0 Å². The molecule has 0 radical (unpaired) electrons. The maximum absolute atomic E-state index is 10.6. The molecule has 1 amide bonds. The molecule has 0 saturated heterocycles. The van der Waals surface area contributed by atoms with E-state index in [0.29, 0.717) is 17.2 Å². The highest BCUT2D eigenvalue weighted by atomic mass is 16.5. The van der Waals surface area contributed by atoms with Gasteiger partial charge in [0.1, 0.15) is 0 Å². The van der Waals surface area contributed by atoms with Gasteiger partial charge in [-0.05, 0) is 37.8 Å². The minimum absolute atomic E-state index is 0.207. The summed E-state index contributed by atoms with van der Waals surface area (Å²) >= 11 is 0. The average Bonchev–Trinajstić information content (AvgIpc) is 2.81. The van der Waals surface area contributed by atoms with Crippen LogP contribution in [0.3, 0.4) is 0 Å². The van der Waals surface area contributed by atoms with E-state index in [0.717, 1.165) is 12.8 Å². The van der Waals surface area contributed by atoms with Crippen molar-refractivity contribution in [3.63, 3.8) is 0 Å². The summed E-state index contributed by atoms with van der Waals surface area (Å²) < 4.78 is 11.1. The van der Waals surface area contributed by atoms with Gasteiger partial charge in [-0.1, -0.05) is 0 Å². The summed E-state index contributed by atoms with van der Waals surface area (Å²) in [6.45, 7) is 0. The van der Waals surface area contributed by atoms with Crippen molar-refractivity contribution in [2.24, 2.45) is 0 Å². The monoisotopic (exact) mass is 251 g/mol. The molecule has 2 rings (SSSR count). The largest absolute Gasteiger partial charge is 0.493 e. The number of nitrogens with one attached hydrogen (secondary N) is 1. The first-order chi connectivity index (χ1) is 8.69. The molecule has 0 aliphatic heterocycles. The van der Waals surface area contributed by atoms with Gasteiger partial charge in [0.2, 0.25) is 0 Å². The molecule has 0 heterocycles. The molecule has 0 spiro atoms. The van der Waals surface area contributed by atoms with Crippen molar-refractivity contribution in [3.05, 3.63) is 18.2 Å². The molecule has 0 unspecified atom stereocenters. The van der Waals surface area contributed by atoms with Crippen LogP contribution in [-0.2, 0) is 0 Å². The molecule has 5 nitrogen and oxygen atoms in total. The van der Waals surface area contributed by atoms with E-state index in [1.165, 1.54) is 12.8 Å².